The lowest BCUT2D eigenvalue weighted by atomic mass is 9.77. The Balaban J connectivity index is 1.62. The lowest BCUT2D eigenvalue weighted by molar-refractivity contribution is -0.385. The highest BCUT2D eigenvalue weighted by Gasteiger charge is 2.58. The number of ketones is 1. The van der Waals surface area contributed by atoms with Gasteiger partial charge in [-0.1, -0.05) is 48.0 Å². The fraction of sp³-hybridized carbons (Fsp3) is 0.258. The molecule has 9 nitrogen and oxygen atoms in total. The number of halogens is 1. The number of carbonyl (C=O) groups is 3. The summed E-state index contributed by atoms with van der Waals surface area (Å²) in [5.41, 5.74) is 0.941. The molecule has 2 aliphatic heterocycles. The van der Waals surface area contributed by atoms with Crippen LogP contribution in [0.4, 0.5) is 5.69 Å². The van der Waals surface area contributed by atoms with Gasteiger partial charge in [-0.15, -0.1) is 22.7 Å². The summed E-state index contributed by atoms with van der Waals surface area (Å²) in [5, 5.41) is 19.2. The molecule has 0 saturated carbocycles. The molecule has 43 heavy (non-hydrogen) atoms. The van der Waals surface area contributed by atoms with E-state index in [1.165, 1.54) is 39.7 Å². The van der Waals surface area contributed by atoms with Crippen molar-refractivity contribution in [3.8, 4) is 0 Å². The summed E-state index contributed by atoms with van der Waals surface area (Å²) < 4.78 is 0. The fourth-order valence-electron chi connectivity index (χ4n) is 6.19. The summed E-state index contributed by atoms with van der Waals surface area (Å²) in [6.07, 6.45) is 0. The van der Waals surface area contributed by atoms with E-state index in [4.69, 9.17) is 11.6 Å². The summed E-state index contributed by atoms with van der Waals surface area (Å²) in [6.45, 7) is 2.12. The minimum absolute atomic E-state index is 0.164. The Hall–Kier alpha value is -3.90. The maximum atomic E-state index is 14.6. The molecular weight excluding hydrogens is 608 g/mol. The molecule has 12 heteroatoms. The van der Waals surface area contributed by atoms with Crippen molar-refractivity contribution in [2.75, 3.05) is 26.2 Å². The number of hydrogen-bond donors (Lipinski definition) is 1. The number of rotatable bonds is 7. The molecule has 4 aromatic rings. The highest BCUT2D eigenvalue weighted by atomic mass is 35.5. The molecule has 2 aromatic carbocycles. The third-order valence-corrected chi connectivity index (χ3v) is 10.1. The monoisotopic (exact) mass is 634 g/mol. The number of piperazine rings is 1. The number of hydrogen-bond acceptors (Lipinski definition) is 8. The fourth-order valence-corrected chi connectivity index (χ4v) is 7.70. The Morgan fingerprint density at radius 1 is 0.884 bits per heavy atom. The molecule has 4 atom stereocenters. The number of carbonyl (C=O) groups excluding carboxylic acids is 3. The van der Waals surface area contributed by atoms with Crippen molar-refractivity contribution >= 4 is 57.6 Å². The predicted octanol–water partition coefficient (Wildman–Crippen LogP) is 5.65. The van der Waals surface area contributed by atoms with Gasteiger partial charge in [0, 0.05) is 49.3 Å². The molecular formula is C31H27ClN4O5S2. The Morgan fingerprint density at radius 3 is 2.19 bits per heavy atom. The van der Waals surface area contributed by atoms with Crippen LogP contribution in [0.15, 0.2) is 83.6 Å². The minimum atomic E-state index is -1.05. The molecule has 220 valence electrons. The van der Waals surface area contributed by atoms with E-state index in [-0.39, 0.29) is 17.4 Å². The van der Waals surface area contributed by atoms with Crippen LogP contribution in [0.25, 0.3) is 0 Å². The zero-order chi connectivity index (χ0) is 30.1. The van der Waals surface area contributed by atoms with Crippen LogP contribution in [0.5, 0.6) is 0 Å². The second-order valence-electron chi connectivity index (χ2n) is 10.5. The lowest BCUT2D eigenvalue weighted by Gasteiger charge is -2.36. The summed E-state index contributed by atoms with van der Waals surface area (Å²) in [7, 11) is 0. The standard InChI is InChI=1S/C31H27ClN4O5S2/c32-21-10-8-19(9-11-21)25-26(29(37)23-6-2-16-42-23)27(20-4-1-5-22(18-20)36(40)41)35(30(38)24-7-3-17-43-24)28(25)31(39)34-14-12-33-13-15-34/h1-11,16-18,25-28,33H,12-15H2. The molecule has 6 rings (SSSR count). The number of likely N-dealkylation sites (tertiary alicyclic amines) is 1. The van der Waals surface area contributed by atoms with Gasteiger partial charge in [0.1, 0.15) is 6.04 Å². The Morgan fingerprint density at radius 2 is 1.56 bits per heavy atom. The van der Waals surface area contributed by atoms with Crippen LogP contribution in [0, 0.1) is 16.0 Å². The Kier molecular flexibility index (Phi) is 8.40. The van der Waals surface area contributed by atoms with E-state index in [9.17, 15) is 24.5 Å². The number of Topliss-reactive ketones (excluding diaryl/α,β-unsaturated/α-hetero) is 1. The van der Waals surface area contributed by atoms with Crippen LogP contribution < -0.4 is 5.32 Å². The number of thiophene rings is 2. The first-order valence-corrected chi connectivity index (χ1v) is 15.9. The van der Waals surface area contributed by atoms with Gasteiger partial charge < -0.3 is 15.1 Å². The number of nitrogens with one attached hydrogen (secondary N) is 1. The van der Waals surface area contributed by atoms with Gasteiger partial charge in [0.05, 0.1) is 26.6 Å². The normalized spacial score (nSPS) is 22.0. The van der Waals surface area contributed by atoms with Crippen molar-refractivity contribution < 1.29 is 19.3 Å². The third kappa shape index (κ3) is 5.61. The van der Waals surface area contributed by atoms with Crippen LogP contribution in [-0.2, 0) is 4.79 Å². The topological polar surface area (TPSA) is 113 Å². The number of benzene rings is 2. The van der Waals surface area contributed by atoms with Crippen molar-refractivity contribution in [2.45, 2.75) is 18.0 Å². The van der Waals surface area contributed by atoms with Gasteiger partial charge in [0.2, 0.25) is 5.91 Å². The summed E-state index contributed by atoms with van der Waals surface area (Å²) in [4.78, 5) is 59.1. The van der Waals surface area contributed by atoms with Crippen LogP contribution in [0.1, 0.15) is 42.4 Å². The number of nitro groups is 1. The average molecular weight is 635 g/mol. The van der Waals surface area contributed by atoms with Gasteiger partial charge in [-0.25, -0.2) is 0 Å². The minimum Gasteiger partial charge on any atom is -0.338 e. The van der Waals surface area contributed by atoms with Crippen molar-refractivity contribution in [1.82, 2.24) is 15.1 Å². The molecule has 0 bridgehead atoms. The second kappa shape index (κ2) is 12.4. The molecule has 2 aromatic heterocycles. The van der Waals surface area contributed by atoms with Gasteiger partial charge in [0.25, 0.3) is 11.6 Å². The van der Waals surface area contributed by atoms with Crippen LogP contribution in [0.2, 0.25) is 5.02 Å². The molecule has 0 spiro atoms. The first-order valence-electron chi connectivity index (χ1n) is 13.8. The van der Waals surface area contributed by atoms with E-state index in [0.29, 0.717) is 52.1 Å². The zero-order valence-electron chi connectivity index (χ0n) is 22.8. The quantitative estimate of drug-likeness (QED) is 0.160. The first kappa shape index (κ1) is 29.2. The third-order valence-electron chi connectivity index (χ3n) is 8.06. The smallest absolute Gasteiger partial charge is 0.269 e. The Bertz CT molecular complexity index is 1640. The molecule has 1 N–H and O–H groups in total. The summed E-state index contributed by atoms with van der Waals surface area (Å²) >= 11 is 8.79. The second-order valence-corrected chi connectivity index (χ2v) is 12.8. The van der Waals surface area contributed by atoms with Crippen LogP contribution in [-0.4, -0.2) is 64.5 Å². The molecule has 4 heterocycles. The van der Waals surface area contributed by atoms with Gasteiger partial charge in [0.15, 0.2) is 5.78 Å². The van der Waals surface area contributed by atoms with E-state index in [1.807, 2.05) is 0 Å². The van der Waals surface area contributed by atoms with Crippen molar-refractivity contribution in [3.63, 3.8) is 0 Å². The van der Waals surface area contributed by atoms with Crippen LogP contribution >= 0.6 is 34.3 Å². The van der Waals surface area contributed by atoms with Gasteiger partial charge in [-0.05, 0) is 46.2 Å². The highest BCUT2D eigenvalue weighted by molar-refractivity contribution is 7.12. The first-order chi connectivity index (χ1) is 20.8. The molecule has 2 saturated heterocycles. The largest absolute Gasteiger partial charge is 0.338 e. The van der Waals surface area contributed by atoms with Gasteiger partial charge in [-0.3, -0.25) is 24.5 Å². The van der Waals surface area contributed by atoms with Gasteiger partial charge in [-0.2, -0.15) is 0 Å². The van der Waals surface area contributed by atoms with E-state index in [0.717, 1.165) is 0 Å². The number of non-ortho nitro benzene ring substituents is 1. The predicted molar refractivity (Wildman–Crippen MR) is 166 cm³/mol. The number of amides is 2. The highest BCUT2D eigenvalue weighted by Crippen LogP contribution is 2.53. The SMILES string of the molecule is O=C(c1cccs1)C1C(c2ccc(Cl)cc2)C(C(=O)N2CCNCC2)N(C(=O)c2cccs2)C1c1cccc([N+](=O)[O-])c1. The van der Waals surface area contributed by atoms with Crippen molar-refractivity contribution in [3.05, 3.63) is 120 Å². The zero-order valence-corrected chi connectivity index (χ0v) is 25.2. The Labute approximate surface area is 260 Å². The van der Waals surface area contributed by atoms with E-state index >= 15 is 0 Å². The summed E-state index contributed by atoms with van der Waals surface area (Å²) in [5.74, 6) is -2.56. The van der Waals surface area contributed by atoms with Crippen LogP contribution in [0.3, 0.4) is 0 Å². The maximum Gasteiger partial charge on any atom is 0.269 e. The number of nitro benzene ring substituents is 1. The maximum absolute atomic E-state index is 14.6. The summed E-state index contributed by atoms with van der Waals surface area (Å²) in [6, 6.07) is 18.0. The van der Waals surface area contributed by atoms with E-state index < -0.39 is 34.7 Å². The molecule has 2 fully saturated rings. The lowest BCUT2D eigenvalue weighted by Crippen LogP contribution is -2.54. The molecule has 4 unspecified atom stereocenters. The number of nitrogens with zero attached hydrogens (tertiary/aromatic N) is 3. The molecule has 0 radical (unpaired) electrons. The van der Waals surface area contributed by atoms with Crippen molar-refractivity contribution in [1.29, 1.82) is 0 Å². The van der Waals surface area contributed by atoms with Crippen molar-refractivity contribution in [2.24, 2.45) is 5.92 Å². The average Bonchev–Trinajstić information content (AvgIpc) is 3.82. The molecule has 2 aliphatic rings. The van der Waals surface area contributed by atoms with E-state index in [2.05, 4.69) is 5.32 Å². The molecule has 2 amide bonds. The van der Waals surface area contributed by atoms with Gasteiger partial charge >= 0.3 is 0 Å². The molecule has 0 aliphatic carbocycles. The van der Waals surface area contributed by atoms with E-state index in [1.54, 1.807) is 76.3 Å².